The molecule has 0 saturated heterocycles. The second-order valence-corrected chi connectivity index (χ2v) is 12.7. The van der Waals surface area contributed by atoms with Gasteiger partial charge in [0.25, 0.3) is 0 Å². The third-order valence-electron chi connectivity index (χ3n) is 7.82. The molecule has 0 aromatic carbocycles. The monoisotopic (exact) mass is 591 g/mol. The highest BCUT2D eigenvalue weighted by atomic mass is 16.6. The van der Waals surface area contributed by atoms with E-state index in [2.05, 4.69) is 55.9 Å². The zero-order valence-corrected chi connectivity index (χ0v) is 29.0. The van der Waals surface area contributed by atoms with E-state index >= 15 is 0 Å². The first-order valence-corrected chi connectivity index (χ1v) is 17.0. The molecule has 2 N–H and O–H groups in total. The highest BCUT2D eigenvalue weighted by Crippen LogP contribution is 2.12. The number of carbonyl (C=O) groups is 2. The molecule has 0 saturated carbocycles. The molecular weight excluding hydrogens is 516 g/mol. The van der Waals surface area contributed by atoms with Crippen LogP contribution < -0.4 is 0 Å². The minimum atomic E-state index is -0.338. The van der Waals surface area contributed by atoms with Crippen molar-refractivity contribution >= 4 is 11.9 Å². The summed E-state index contributed by atoms with van der Waals surface area (Å²) in [7, 11) is 8.43. The number of unbranched alkanes of at least 4 members (excludes halogenated alkanes) is 14. The number of carbonyl (C=O) groups excluding carboxylic acids is 2. The van der Waals surface area contributed by atoms with Crippen molar-refractivity contribution < 1.29 is 33.5 Å². The van der Waals surface area contributed by atoms with Gasteiger partial charge in [0, 0.05) is 12.8 Å². The summed E-state index contributed by atoms with van der Waals surface area (Å²) in [6.07, 6.45) is 19.9. The van der Waals surface area contributed by atoms with Crippen LogP contribution in [0.15, 0.2) is 0 Å². The van der Waals surface area contributed by atoms with Gasteiger partial charge in [-0.3, -0.25) is 9.59 Å². The van der Waals surface area contributed by atoms with Gasteiger partial charge in [0.1, 0.15) is 13.1 Å². The maximum absolute atomic E-state index is 11.6. The van der Waals surface area contributed by atoms with Crippen molar-refractivity contribution in [2.24, 2.45) is 0 Å². The summed E-state index contributed by atoms with van der Waals surface area (Å²) in [6, 6.07) is 0. The van der Waals surface area contributed by atoms with Gasteiger partial charge in [0.05, 0.1) is 54.5 Å². The lowest BCUT2D eigenvalue weighted by Gasteiger charge is -2.26. The number of nitrogens with zero attached hydrogens (tertiary/aromatic N) is 2. The Morgan fingerprint density at radius 3 is 0.976 bits per heavy atom. The maximum atomic E-state index is 11.6. The van der Waals surface area contributed by atoms with E-state index in [0.29, 0.717) is 26.1 Å². The van der Waals surface area contributed by atoms with Crippen LogP contribution in [0.4, 0.5) is 0 Å². The molecule has 7 nitrogen and oxygen atoms in total. The third-order valence-corrected chi connectivity index (χ3v) is 7.82. The Hall–Kier alpha value is -1.02. The van der Waals surface area contributed by atoms with Crippen molar-refractivity contribution in [3.05, 3.63) is 0 Å². The Bertz CT molecular complexity index is 549. The van der Waals surface area contributed by atoms with Crippen LogP contribution in [0.5, 0.6) is 0 Å². The molecule has 0 heterocycles. The van der Waals surface area contributed by atoms with Crippen molar-refractivity contribution in [1.29, 1.82) is 0 Å². The SMILES string of the molecule is CCCCCCCCCCCC(=O)OC(=O)CCCCCCCCC.CC[N+](C)(C)CCO.CC[N+](C)(C)CCO. The van der Waals surface area contributed by atoms with Gasteiger partial charge >= 0.3 is 11.9 Å². The van der Waals surface area contributed by atoms with Gasteiger partial charge in [0.2, 0.25) is 0 Å². The summed E-state index contributed by atoms with van der Waals surface area (Å²) < 4.78 is 6.72. The number of esters is 2. The Labute approximate surface area is 256 Å². The predicted octanol–water partition coefficient (Wildman–Crippen LogP) is 7.27. The van der Waals surface area contributed by atoms with E-state index < -0.39 is 0 Å². The van der Waals surface area contributed by atoms with E-state index in [0.717, 1.165) is 60.8 Å². The van der Waals surface area contributed by atoms with Crippen molar-refractivity contribution in [2.75, 3.05) is 67.6 Å². The molecule has 0 spiro atoms. The smallest absolute Gasteiger partial charge is 0.313 e. The van der Waals surface area contributed by atoms with Crippen molar-refractivity contribution in [3.8, 4) is 0 Å². The van der Waals surface area contributed by atoms with E-state index in [1.165, 1.54) is 77.0 Å². The summed E-state index contributed by atoms with van der Waals surface area (Å²) in [6.45, 7) is 13.2. The van der Waals surface area contributed by atoms with Crippen molar-refractivity contribution in [2.45, 2.75) is 143 Å². The Balaban J connectivity index is -0.000000731. The Kier molecular flexibility index (Phi) is 34.6. The number of hydrogen-bond donors (Lipinski definition) is 2. The lowest BCUT2D eigenvalue weighted by Crippen LogP contribution is -2.41. The molecule has 0 radical (unpaired) electrons. The lowest BCUT2D eigenvalue weighted by molar-refractivity contribution is -0.888. The molecule has 0 aliphatic carbocycles. The van der Waals surface area contributed by atoms with Gasteiger partial charge in [-0.1, -0.05) is 104 Å². The number of aliphatic hydroxyl groups excluding tert-OH is 2. The minimum Gasteiger partial charge on any atom is -0.393 e. The van der Waals surface area contributed by atoms with Gasteiger partial charge in [-0.05, 0) is 26.7 Å². The van der Waals surface area contributed by atoms with Gasteiger partial charge in [-0.15, -0.1) is 0 Å². The summed E-state index contributed by atoms with van der Waals surface area (Å²) in [5, 5.41) is 17.0. The van der Waals surface area contributed by atoms with E-state index in [1.807, 2.05) is 0 Å². The quantitative estimate of drug-likeness (QED) is 0.0535. The second-order valence-electron chi connectivity index (χ2n) is 12.7. The molecule has 248 valence electrons. The fraction of sp³-hybridized carbons (Fsp3) is 0.941. The molecule has 0 bridgehead atoms. The average Bonchev–Trinajstić information content (AvgIpc) is 2.92. The maximum Gasteiger partial charge on any atom is 0.313 e. The molecule has 0 aliphatic heterocycles. The number of quaternary nitrogens is 2. The van der Waals surface area contributed by atoms with E-state index in [-0.39, 0.29) is 11.9 Å². The van der Waals surface area contributed by atoms with Gasteiger partial charge < -0.3 is 23.9 Å². The number of hydrogen-bond acceptors (Lipinski definition) is 5. The highest BCUT2D eigenvalue weighted by Gasteiger charge is 2.10. The molecule has 0 amide bonds. The molecule has 0 atom stereocenters. The van der Waals surface area contributed by atoms with Gasteiger partial charge in [-0.25, -0.2) is 0 Å². The number of aliphatic hydroxyl groups is 2. The van der Waals surface area contributed by atoms with E-state index in [1.54, 1.807) is 0 Å². The molecule has 0 aliphatic rings. The molecule has 0 unspecified atom stereocenters. The molecule has 41 heavy (non-hydrogen) atoms. The Morgan fingerprint density at radius 1 is 0.488 bits per heavy atom. The summed E-state index contributed by atoms with van der Waals surface area (Å²) >= 11 is 0. The summed E-state index contributed by atoms with van der Waals surface area (Å²) in [5.41, 5.74) is 0. The van der Waals surface area contributed by atoms with Crippen LogP contribution in [-0.4, -0.2) is 98.7 Å². The van der Waals surface area contributed by atoms with Gasteiger partial charge in [0.15, 0.2) is 0 Å². The zero-order valence-electron chi connectivity index (χ0n) is 29.0. The minimum absolute atomic E-state index is 0.292. The lowest BCUT2D eigenvalue weighted by atomic mass is 10.1. The van der Waals surface area contributed by atoms with Crippen LogP contribution in [-0.2, 0) is 14.3 Å². The zero-order chi connectivity index (χ0) is 31.8. The topological polar surface area (TPSA) is 83.8 Å². The van der Waals surface area contributed by atoms with E-state index in [4.69, 9.17) is 14.9 Å². The standard InChI is InChI=1S/C22H42O3.2C6H16NO/c1-3-5-7-9-11-12-14-16-18-20-22(24)25-21(23)19-17-15-13-10-8-6-4-2;2*1-4-7(2,3)5-6-8/h3-20H2,1-2H3;2*8H,4-6H2,1-3H3/q;2*+1. The Morgan fingerprint density at radius 2 is 0.756 bits per heavy atom. The van der Waals surface area contributed by atoms with Crippen LogP contribution in [0.25, 0.3) is 0 Å². The normalized spacial score (nSPS) is 11.3. The molecule has 7 heteroatoms. The molecule has 0 fully saturated rings. The fourth-order valence-electron chi connectivity index (χ4n) is 3.89. The van der Waals surface area contributed by atoms with Crippen LogP contribution in [0.1, 0.15) is 143 Å². The third kappa shape index (κ3) is 39.0. The number of likely N-dealkylation sites (N-methyl/N-ethyl adjacent to an activating group) is 2. The molecular formula is C34H74N2O5+2. The summed E-state index contributed by atoms with van der Waals surface area (Å²) in [4.78, 5) is 23.2. The first kappa shape index (κ1) is 44.4. The average molecular weight is 591 g/mol. The molecule has 0 rings (SSSR count). The van der Waals surface area contributed by atoms with Crippen molar-refractivity contribution in [3.63, 3.8) is 0 Å². The van der Waals surface area contributed by atoms with Crippen molar-refractivity contribution in [1.82, 2.24) is 0 Å². The fourth-order valence-corrected chi connectivity index (χ4v) is 3.89. The second kappa shape index (κ2) is 31.9. The predicted molar refractivity (Wildman–Crippen MR) is 175 cm³/mol. The van der Waals surface area contributed by atoms with Crippen LogP contribution >= 0.6 is 0 Å². The number of rotatable bonds is 24. The molecule has 0 aromatic heterocycles. The van der Waals surface area contributed by atoms with E-state index in [9.17, 15) is 9.59 Å². The molecule has 0 aromatic rings. The first-order valence-electron chi connectivity index (χ1n) is 17.0. The van der Waals surface area contributed by atoms with Crippen LogP contribution in [0.2, 0.25) is 0 Å². The first-order chi connectivity index (χ1) is 19.4. The summed E-state index contributed by atoms with van der Waals surface area (Å²) in [5.74, 6) is -0.676. The largest absolute Gasteiger partial charge is 0.393 e. The van der Waals surface area contributed by atoms with Crippen LogP contribution in [0, 0.1) is 0 Å². The van der Waals surface area contributed by atoms with Crippen LogP contribution in [0.3, 0.4) is 0 Å². The number of ether oxygens (including phenoxy) is 1. The highest BCUT2D eigenvalue weighted by molar-refractivity contribution is 5.85. The van der Waals surface area contributed by atoms with Gasteiger partial charge in [-0.2, -0.15) is 0 Å².